The number of guanidine groups is 1. The fraction of sp³-hybridized carbons (Fsp3) is 0.800. The van der Waals surface area contributed by atoms with Crippen molar-refractivity contribution in [1.82, 2.24) is 24.9 Å². The number of morpholine rings is 1. The highest BCUT2D eigenvalue weighted by atomic mass is 127. The number of likely N-dealkylation sites (N-methyl/N-ethyl adjacent to an activating group) is 1. The first-order chi connectivity index (χ1) is 13.0. The molecule has 3 rings (SSSR count). The monoisotopic (exact) mass is 504 g/mol. The molecular weight excluding hydrogens is 467 g/mol. The van der Waals surface area contributed by atoms with Gasteiger partial charge >= 0.3 is 0 Å². The van der Waals surface area contributed by atoms with Gasteiger partial charge in [0.25, 0.3) is 0 Å². The lowest BCUT2D eigenvalue weighted by atomic mass is 9.88. The third-order valence-electron chi connectivity index (χ3n) is 6.23. The van der Waals surface area contributed by atoms with Crippen molar-refractivity contribution in [3.8, 4) is 0 Å². The lowest BCUT2D eigenvalue weighted by Gasteiger charge is -2.41. The lowest BCUT2D eigenvalue weighted by molar-refractivity contribution is -0.00835. The fourth-order valence-corrected chi connectivity index (χ4v) is 4.39. The number of nitrogens with one attached hydrogen (secondary N) is 1. The summed E-state index contributed by atoms with van der Waals surface area (Å²) in [5.41, 5.74) is 1.35. The lowest BCUT2D eigenvalue weighted by Crippen LogP contribution is -2.56. The molecule has 1 atom stereocenters. The topological polar surface area (TPSA) is 57.9 Å². The van der Waals surface area contributed by atoms with Gasteiger partial charge in [-0.3, -0.25) is 9.67 Å². The summed E-state index contributed by atoms with van der Waals surface area (Å²) in [5.74, 6) is 0.984. The molecule has 1 aliphatic heterocycles. The predicted octanol–water partition coefficient (Wildman–Crippen LogP) is 2.64. The van der Waals surface area contributed by atoms with Gasteiger partial charge < -0.3 is 19.9 Å². The average molecular weight is 504 g/mol. The number of halogens is 1. The molecule has 1 N–H and O–H groups in total. The van der Waals surface area contributed by atoms with Crippen molar-refractivity contribution < 1.29 is 4.74 Å². The predicted molar refractivity (Wildman–Crippen MR) is 124 cm³/mol. The summed E-state index contributed by atoms with van der Waals surface area (Å²) in [4.78, 5) is 9.33. The molecule has 0 bridgehead atoms. The molecule has 7 nitrogen and oxygen atoms in total. The Morgan fingerprint density at radius 3 is 2.61 bits per heavy atom. The van der Waals surface area contributed by atoms with Gasteiger partial charge in [0, 0.05) is 44.5 Å². The number of ether oxygens (including phenoxy) is 1. The van der Waals surface area contributed by atoms with Crippen LogP contribution in [0.2, 0.25) is 0 Å². The molecule has 1 unspecified atom stereocenters. The summed E-state index contributed by atoms with van der Waals surface area (Å²) in [6, 6.07) is 0. The molecule has 2 heterocycles. The molecular formula is C20H37IN6O. The molecule has 2 fully saturated rings. The van der Waals surface area contributed by atoms with E-state index in [-0.39, 0.29) is 35.6 Å². The first-order valence-electron chi connectivity index (χ1n) is 10.3. The molecule has 28 heavy (non-hydrogen) atoms. The van der Waals surface area contributed by atoms with E-state index in [2.05, 4.69) is 39.3 Å². The maximum Gasteiger partial charge on any atom is 0.193 e. The van der Waals surface area contributed by atoms with Crippen LogP contribution in [0.5, 0.6) is 0 Å². The Balaban J connectivity index is 0.00000280. The van der Waals surface area contributed by atoms with E-state index in [1.54, 1.807) is 0 Å². The van der Waals surface area contributed by atoms with Gasteiger partial charge in [-0.25, -0.2) is 0 Å². The normalized spacial score (nSPS) is 23.2. The zero-order valence-electron chi connectivity index (χ0n) is 17.9. The highest BCUT2D eigenvalue weighted by Gasteiger charge is 2.34. The van der Waals surface area contributed by atoms with Gasteiger partial charge in [0.05, 0.1) is 19.3 Å². The van der Waals surface area contributed by atoms with Crippen molar-refractivity contribution >= 4 is 29.9 Å². The van der Waals surface area contributed by atoms with Gasteiger partial charge in [-0.1, -0.05) is 25.7 Å². The van der Waals surface area contributed by atoms with Crippen molar-refractivity contribution in [1.29, 1.82) is 0 Å². The quantitative estimate of drug-likeness (QED) is 0.296. The molecule has 2 aliphatic rings. The minimum atomic E-state index is 0. The first-order valence-corrected chi connectivity index (χ1v) is 10.3. The second kappa shape index (κ2) is 10.8. The number of aromatic nitrogens is 2. The van der Waals surface area contributed by atoms with E-state index in [1.165, 1.54) is 38.5 Å². The van der Waals surface area contributed by atoms with Crippen molar-refractivity contribution in [2.24, 2.45) is 12.0 Å². The van der Waals surface area contributed by atoms with Crippen molar-refractivity contribution in [3.05, 3.63) is 18.0 Å². The molecule has 8 heteroatoms. The van der Waals surface area contributed by atoms with E-state index in [4.69, 9.17) is 4.74 Å². The summed E-state index contributed by atoms with van der Waals surface area (Å²) >= 11 is 0. The number of rotatable bonds is 4. The van der Waals surface area contributed by atoms with Crippen LogP contribution in [-0.4, -0.2) is 78.5 Å². The third-order valence-corrected chi connectivity index (χ3v) is 6.23. The number of aliphatic imine (C=N–C) groups is 1. The molecule has 1 aromatic rings. The largest absolute Gasteiger partial charge is 0.370 e. The van der Waals surface area contributed by atoms with E-state index in [0.717, 1.165) is 31.2 Å². The van der Waals surface area contributed by atoms with Crippen LogP contribution in [-0.2, 0) is 11.8 Å². The van der Waals surface area contributed by atoms with Crippen LogP contribution in [0.4, 0.5) is 0 Å². The molecule has 1 aromatic heterocycles. The average Bonchev–Trinajstić information content (AvgIpc) is 2.96. The maximum atomic E-state index is 5.99. The molecule has 0 aromatic carbocycles. The zero-order valence-corrected chi connectivity index (χ0v) is 20.2. The fourth-order valence-electron chi connectivity index (χ4n) is 4.39. The van der Waals surface area contributed by atoms with Gasteiger partial charge in [-0.15, -0.1) is 24.0 Å². The first kappa shape index (κ1) is 23.4. The summed E-state index contributed by atoms with van der Waals surface area (Å²) in [6.07, 6.45) is 11.9. The molecule has 160 valence electrons. The third kappa shape index (κ3) is 5.60. The van der Waals surface area contributed by atoms with Gasteiger partial charge in [-0.05, 0) is 26.9 Å². The standard InChI is InChI=1S/C20H36N6O.HI/c1-21-19(22-16-20(24(2)3)9-7-5-6-8-10-20)26-11-12-27-18(15-26)17-13-23-25(4)14-17;/h13-14,18H,5-12,15-16H2,1-4H3,(H,21,22);1H. The maximum absolute atomic E-state index is 5.99. The van der Waals surface area contributed by atoms with Crippen molar-refractivity contribution in [2.75, 3.05) is 47.4 Å². The van der Waals surface area contributed by atoms with Gasteiger partial charge in [0.1, 0.15) is 6.10 Å². The Kier molecular flexibility index (Phi) is 9.01. The van der Waals surface area contributed by atoms with E-state index in [9.17, 15) is 0 Å². The Labute approximate surface area is 186 Å². The number of aryl methyl sites for hydroxylation is 1. The van der Waals surface area contributed by atoms with Crippen LogP contribution in [0.25, 0.3) is 0 Å². The highest BCUT2D eigenvalue weighted by Crippen LogP contribution is 2.30. The number of nitrogens with zero attached hydrogens (tertiary/aromatic N) is 5. The summed E-state index contributed by atoms with van der Waals surface area (Å²) < 4.78 is 7.82. The van der Waals surface area contributed by atoms with Crippen molar-refractivity contribution in [2.45, 2.75) is 50.2 Å². The summed E-state index contributed by atoms with van der Waals surface area (Å²) in [6.45, 7) is 3.33. The summed E-state index contributed by atoms with van der Waals surface area (Å²) in [7, 11) is 8.27. The van der Waals surface area contributed by atoms with Crippen LogP contribution < -0.4 is 5.32 Å². The van der Waals surface area contributed by atoms with Gasteiger partial charge in [0.2, 0.25) is 0 Å². The Morgan fingerprint density at radius 2 is 2.04 bits per heavy atom. The van der Waals surface area contributed by atoms with E-state index in [1.807, 2.05) is 31.2 Å². The highest BCUT2D eigenvalue weighted by molar-refractivity contribution is 14.0. The number of hydrogen-bond acceptors (Lipinski definition) is 4. The Hall–Kier alpha value is -0.870. The smallest absolute Gasteiger partial charge is 0.193 e. The van der Waals surface area contributed by atoms with E-state index in [0.29, 0.717) is 6.61 Å². The Morgan fingerprint density at radius 1 is 1.32 bits per heavy atom. The SMILES string of the molecule is CN=C(NCC1(N(C)C)CCCCCC1)N1CCOC(c2cnn(C)c2)C1.I. The van der Waals surface area contributed by atoms with Crippen LogP contribution in [0.15, 0.2) is 17.4 Å². The molecule has 1 aliphatic carbocycles. The Bertz CT molecular complexity index is 624. The van der Waals surface area contributed by atoms with E-state index < -0.39 is 0 Å². The molecule has 0 amide bonds. The second-order valence-electron chi connectivity index (χ2n) is 8.19. The number of hydrogen-bond donors (Lipinski definition) is 1. The second-order valence-corrected chi connectivity index (χ2v) is 8.19. The zero-order chi connectivity index (χ0) is 19.3. The van der Waals surface area contributed by atoms with Gasteiger partial charge in [0.15, 0.2) is 5.96 Å². The van der Waals surface area contributed by atoms with E-state index >= 15 is 0 Å². The van der Waals surface area contributed by atoms with Crippen LogP contribution in [0.3, 0.4) is 0 Å². The van der Waals surface area contributed by atoms with Crippen LogP contribution >= 0.6 is 24.0 Å². The molecule has 0 radical (unpaired) electrons. The van der Waals surface area contributed by atoms with Crippen molar-refractivity contribution in [3.63, 3.8) is 0 Å². The molecule has 0 spiro atoms. The molecule has 1 saturated carbocycles. The van der Waals surface area contributed by atoms with Crippen LogP contribution in [0, 0.1) is 0 Å². The van der Waals surface area contributed by atoms with Crippen LogP contribution in [0.1, 0.15) is 50.2 Å². The minimum Gasteiger partial charge on any atom is -0.370 e. The van der Waals surface area contributed by atoms with Gasteiger partial charge in [-0.2, -0.15) is 5.10 Å². The minimum absolute atomic E-state index is 0. The summed E-state index contributed by atoms with van der Waals surface area (Å²) in [5, 5.41) is 7.98. The molecule has 1 saturated heterocycles.